The Morgan fingerprint density at radius 2 is 0.923 bits per heavy atom. The van der Waals surface area contributed by atoms with E-state index >= 15 is 0 Å². The summed E-state index contributed by atoms with van der Waals surface area (Å²) in [4.78, 5) is 29.2. The van der Waals surface area contributed by atoms with Crippen molar-refractivity contribution in [1.82, 2.24) is 9.80 Å². The van der Waals surface area contributed by atoms with Crippen molar-refractivity contribution in [2.75, 3.05) is 28.2 Å². The fraction of sp³-hybridized carbons (Fsp3) is 0.364. The molecule has 3 rings (SSSR count). The second-order valence-electron chi connectivity index (χ2n) is 7.39. The molecule has 0 saturated heterocycles. The van der Waals surface area contributed by atoms with E-state index in [0.717, 1.165) is 11.1 Å². The van der Waals surface area contributed by atoms with Crippen LogP contribution in [-0.2, 0) is 9.59 Å². The van der Waals surface area contributed by atoms with Gasteiger partial charge in [-0.15, -0.1) is 0 Å². The Kier molecular flexibility index (Phi) is 5.12. The number of hydrogen-bond acceptors (Lipinski definition) is 2. The minimum atomic E-state index is -0.340. The third-order valence-corrected chi connectivity index (χ3v) is 5.37. The number of rotatable bonds is 4. The van der Waals surface area contributed by atoms with Gasteiger partial charge in [0, 0.05) is 40.0 Å². The molecule has 0 aliphatic heterocycles. The minimum absolute atomic E-state index is 0.00222. The molecule has 0 heterocycles. The molecule has 26 heavy (non-hydrogen) atoms. The molecule has 0 aromatic heterocycles. The molecule has 136 valence electrons. The summed E-state index contributed by atoms with van der Waals surface area (Å²) in [5.74, 6) is -0.637. The van der Waals surface area contributed by atoms with Crippen molar-refractivity contribution >= 4 is 11.8 Å². The zero-order valence-corrected chi connectivity index (χ0v) is 15.8. The lowest BCUT2D eigenvalue weighted by atomic mass is 9.51. The van der Waals surface area contributed by atoms with Gasteiger partial charge in [0.15, 0.2) is 0 Å². The Morgan fingerprint density at radius 1 is 0.615 bits per heavy atom. The zero-order valence-electron chi connectivity index (χ0n) is 15.8. The van der Waals surface area contributed by atoms with Crippen LogP contribution in [0.15, 0.2) is 60.7 Å². The van der Waals surface area contributed by atoms with E-state index in [1.165, 1.54) is 0 Å². The van der Waals surface area contributed by atoms with E-state index in [0.29, 0.717) is 0 Å². The van der Waals surface area contributed by atoms with Crippen LogP contribution >= 0.6 is 0 Å². The highest BCUT2D eigenvalue weighted by Crippen LogP contribution is 2.58. The number of carbonyl (C=O) groups excluding carboxylic acids is 2. The van der Waals surface area contributed by atoms with E-state index in [1.807, 2.05) is 36.4 Å². The summed E-state index contributed by atoms with van der Waals surface area (Å²) in [7, 11) is 7.05. The van der Waals surface area contributed by atoms with Crippen LogP contribution in [0.25, 0.3) is 0 Å². The Bertz CT molecular complexity index is 704. The lowest BCUT2D eigenvalue weighted by Gasteiger charge is -2.52. The number of hydrogen-bond donors (Lipinski definition) is 0. The highest BCUT2D eigenvalue weighted by molar-refractivity contribution is 5.91. The van der Waals surface area contributed by atoms with Gasteiger partial charge >= 0.3 is 0 Å². The average Bonchev–Trinajstić information content (AvgIpc) is 2.62. The third-order valence-electron chi connectivity index (χ3n) is 5.37. The van der Waals surface area contributed by atoms with Crippen LogP contribution in [0.3, 0.4) is 0 Å². The Labute approximate surface area is 155 Å². The maximum absolute atomic E-state index is 13.0. The van der Waals surface area contributed by atoms with Crippen LogP contribution < -0.4 is 0 Å². The largest absolute Gasteiger partial charge is 0.349 e. The predicted molar refractivity (Wildman–Crippen MR) is 103 cm³/mol. The van der Waals surface area contributed by atoms with Gasteiger partial charge in [0.05, 0.1) is 11.8 Å². The molecule has 4 nitrogen and oxygen atoms in total. The molecule has 0 radical (unpaired) electrons. The van der Waals surface area contributed by atoms with Crippen LogP contribution in [0.5, 0.6) is 0 Å². The normalized spacial score (nSPS) is 24.5. The molecule has 0 bridgehead atoms. The van der Waals surface area contributed by atoms with Crippen LogP contribution in [0.2, 0.25) is 0 Å². The van der Waals surface area contributed by atoms with Crippen molar-refractivity contribution in [3.8, 4) is 0 Å². The van der Waals surface area contributed by atoms with Crippen molar-refractivity contribution in [3.05, 3.63) is 71.8 Å². The molecule has 0 unspecified atom stereocenters. The highest BCUT2D eigenvalue weighted by Gasteiger charge is 2.58. The molecule has 0 N–H and O–H groups in total. The van der Waals surface area contributed by atoms with E-state index in [9.17, 15) is 9.59 Å². The quantitative estimate of drug-likeness (QED) is 0.851. The van der Waals surface area contributed by atoms with Gasteiger partial charge in [-0.05, 0) is 11.1 Å². The number of nitrogens with zero attached hydrogens (tertiary/aromatic N) is 2. The van der Waals surface area contributed by atoms with Gasteiger partial charge < -0.3 is 9.80 Å². The second-order valence-corrected chi connectivity index (χ2v) is 7.39. The van der Waals surface area contributed by atoms with Gasteiger partial charge in [-0.3, -0.25) is 9.59 Å². The molecule has 2 aromatic carbocycles. The molecule has 4 atom stereocenters. The number of carbonyl (C=O) groups is 2. The molecular weight excluding hydrogens is 324 g/mol. The topological polar surface area (TPSA) is 40.6 Å². The fourth-order valence-electron chi connectivity index (χ4n) is 4.14. The molecule has 2 aromatic rings. The van der Waals surface area contributed by atoms with Crippen molar-refractivity contribution in [1.29, 1.82) is 0 Å². The smallest absolute Gasteiger partial charge is 0.226 e. The van der Waals surface area contributed by atoms with Gasteiger partial charge in [0.1, 0.15) is 0 Å². The summed E-state index contributed by atoms with van der Waals surface area (Å²) in [5.41, 5.74) is 2.23. The first-order valence-corrected chi connectivity index (χ1v) is 8.95. The van der Waals surface area contributed by atoms with E-state index < -0.39 is 0 Å². The number of benzene rings is 2. The van der Waals surface area contributed by atoms with Gasteiger partial charge in [0.25, 0.3) is 0 Å². The molecule has 1 saturated carbocycles. The summed E-state index contributed by atoms with van der Waals surface area (Å²) >= 11 is 0. The van der Waals surface area contributed by atoms with Crippen LogP contribution in [0, 0.1) is 11.8 Å². The van der Waals surface area contributed by atoms with Crippen LogP contribution in [0.4, 0.5) is 0 Å². The lowest BCUT2D eigenvalue weighted by molar-refractivity contribution is -0.153. The first kappa shape index (κ1) is 18.2. The summed E-state index contributed by atoms with van der Waals surface area (Å²) in [6, 6.07) is 20.2. The summed E-state index contributed by atoms with van der Waals surface area (Å²) in [6.07, 6.45) is 0. The van der Waals surface area contributed by atoms with E-state index in [2.05, 4.69) is 24.3 Å². The molecule has 1 aliphatic rings. The van der Waals surface area contributed by atoms with E-state index in [4.69, 9.17) is 0 Å². The summed E-state index contributed by atoms with van der Waals surface area (Å²) < 4.78 is 0. The van der Waals surface area contributed by atoms with Crippen molar-refractivity contribution in [2.45, 2.75) is 11.8 Å². The summed E-state index contributed by atoms with van der Waals surface area (Å²) in [6.45, 7) is 0. The predicted octanol–water partition coefficient (Wildman–Crippen LogP) is 2.98. The third kappa shape index (κ3) is 3.12. The minimum Gasteiger partial charge on any atom is -0.349 e. The van der Waals surface area contributed by atoms with Crippen molar-refractivity contribution < 1.29 is 9.59 Å². The molecule has 1 aliphatic carbocycles. The molecular formula is C22H26N2O2. The van der Waals surface area contributed by atoms with Crippen LogP contribution in [-0.4, -0.2) is 49.8 Å². The first-order chi connectivity index (χ1) is 12.4. The van der Waals surface area contributed by atoms with Gasteiger partial charge in [-0.2, -0.15) is 0 Å². The highest BCUT2D eigenvalue weighted by atomic mass is 16.2. The van der Waals surface area contributed by atoms with Crippen LogP contribution in [0.1, 0.15) is 23.0 Å². The molecule has 2 amide bonds. The monoisotopic (exact) mass is 350 g/mol. The lowest BCUT2D eigenvalue weighted by Crippen LogP contribution is -2.56. The van der Waals surface area contributed by atoms with E-state index in [-0.39, 0.29) is 35.5 Å². The fourth-order valence-corrected chi connectivity index (χ4v) is 4.14. The Hall–Kier alpha value is -2.62. The van der Waals surface area contributed by atoms with Gasteiger partial charge in [-0.1, -0.05) is 60.7 Å². The van der Waals surface area contributed by atoms with Gasteiger partial charge in [0.2, 0.25) is 11.8 Å². The van der Waals surface area contributed by atoms with Crippen molar-refractivity contribution in [2.24, 2.45) is 11.8 Å². The maximum atomic E-state index is 13.0. The number of amides is 2. The average molecular weight is 350 g/mol. The molecule has 4 heteroatoms. The van der Waals surface area contributed by atoms with Crippen molar-refractivity contribution in [3.63, 3.8) is 0 Å². The first-order valence-electron chi connectivity index (χ1n) is 8.95. The SMILES string of the molecule is CN(C)C(=O)[C@@H]1[C@H](C(=O)N(C)C)[C@@H](c2ccccc2)[C@H]1c1ccccc1. The maximum Gasteiger partial charge on any atom is 0.226 e. The molecule has 0 spiro atoms. The van der Waals surface area contributed by atoms with E-state index in [1.54, 1.807) is 38.0 Å². The molecule has 1 fully saturated rings. The zero-order chi connectivity index (χ0) is 18.8. The van der Waals surface area contributed by atoms with Gasteiger partial charge in [-0.25, -0.2) is 0 Å². The second kappa shape index (κ2) is 7.32. The Morgan fingerprint density at radius 3 is 1.19 bits per heavy atom. The summed E-state index contributed by atoms with van der Waals surface area (Å²) in [5, 5.41) is 0. The Balaban J connectivity index is 2.10. The standard InChI is InChI=1S/C22H26N2O2/c1-23(2)21(25)19-17(15-11-7-5-8-12-15)18(16-13-9-6-10-14-16)20(19)22(26)24(3)4/h5-14,17-20H,1-4H3/t17-,18+,19+,20-.